The first-order valence-corrected chi connectivity index (χ1v) is 12.0. The summed E-state index contributed by atoms with van der Waals surface area (Å²) in [5.74, 6) is 0. The summed E-state index contributed by atoms with van der Waals surface area (Å²) in [6, 6.07) is 22.6. The Hall–Kier alpha value is -1.72. The van der Waals surface area contributed by atoms with Crippen LogP contribution >= 0.6 is 22.7 Å². The van der Waals surface area contributed by atoms with Crippen LogP contribution in [0.5, 0.6) is 0 Å². The van der Waals surface area contributed by atoms with E-state index >= 15 is 0 Å². The van der Waals surface area contributed by atoms with Gasteiger partial charge >= 0.3 is 0 Å². The van der Waals surface area contributed by atoms with Crippen LogP contribution < -0.4 is 5.73 Å². The molecule has 0 bridgehead atoms. The average Bonchev–Trinajstić information content (AvgIpc) is 3.52. The molecule has 0 spiro atoms. The fraction of sp³-hybridized carbons (Fsp3) is 0.269. The van der Waals surface area contributed by atoms with E-state index in [1.165, 1.54) is 10.4 Å². The fourth-order valence-electron chi connectivity index (χ4n) is 2.73. The first-order chi connectivity index (χ1) is 15.3. The summed E-state index contributed by atoms with van der Waals surface area (Å²) in [6.45, 7) is 8.76. The van der Waals surface area contributed by atoms with Gasteiger partial charge in [-0.25, -0.2) is 9.97 Å². The average molecular weight is 497 g/mol. The second-order valence-electron chi connectivity index (χ2n) is 8.62. The third-order valence-electron chi connectivity index (χ3n) is 5.13. The molecule has 0 aliphatic carbocycles. The molecular formula is C26H30AlLiN4S2. The number of nitriles is 1. The number of hydrogen-bond donors (Lipinski definition) is 1. The number of nitrogens with two attached hydrogens (primary N) is 1. The maximum Gasteiger partial charge on any atom is 0.146 e. The van der Waals surface area contributed by atoms with E-state index in [9.17, 15) is 0 Å². The fourth-order valence-corrected chi connectivity index (χ4v) is 4.74. The van der Waals surface area contributed by atoms with E-state index in [1.54, 1.807) is 28.9 Å². The van der Waals surface area contributed by atoms with Crippen molar-refractivity contribution < 1.29 is 0 Å². The summed E-state index contributed by atoms with van der Waals surface area (Å²) in [7, 11) is 0. The molecule has 0 atom stereocenters. The molecule has 2 radical (unpaired) electrons. The molecule has 34 heavy (non-hydrogen) atoms. The smallest absolute Gasteiger partial charge is 0.146 e. The SMILES string of the molecule is CC(C)(C#N)c1cnc(-c2ccccc2)s1.CC(C)(CN)c1cnc(-c2ccccc2)s1.[AlH2].[Li]. The van der Waals surface area contributed by atoms with Crippen molar-refractivity contribution in [1.29, 1.82) is 5.26 Å². The molecule has 0 fully saturated rings. The molecule has 2 N–H and O–H groups in total. The molecule has 4 rings (SSSR count). The minimum atomic E-state index is -0.454. The van der Waals surface area contributed by atoms with E-state index in [0.29, 0.717) is 6.54 Å². The molecule has 0 aliphatic heterocycles. The van der Waals surface area contributed by atoms with Gasteiger partial charge in [0.25, 0.3) is 0 Å². The summed E-state index contributed by atoms with van der Waals surface area (Å²) in [5, 5.41) is 11.1. The summed E-state index contributed by atoms with van der Waals surface area (Å²) in [5.41, 5.74) is 7.61. The molecule has 2 heterocycles. The second kappa shape index (κ2) is 13.4. The van der Waals surface area contributed by atoms with Crippen molar-refractivity contribution in [2.45, 2.75) is 38.5 Å². The maximum atomic E-state index is 9.06. The molecule has 0 aliphatic rings. The molecule has 0 amide bonds. The van der Waals surface area contributed by atoms with Crippen LogP contribution in [0.1, 0.15) is 37.4 Å². The summed E-state index contributed by atoms with van der Waals surface area (Å²) in [4.78, 5) is 11.1. The number of rotatable bonds is 5. The number of benzene rings is 2. The zero-order valence-electron chi connectivity index (χ0n) is 20.9. The number of hydrogen-bond acceptors (Lipinski definition) is 6. The van der Waals surface area contributed by atoms with E-state index in [0.717, 1.165) is 20.5 Å². The zero-order valence-corrected chi connectivity index (χ0v) is 24.5. The van der Waals surface area contributed by atoms with Crippen LogP contribution in [0.2, 0.25) is 0 Å². The molecule has 170 valence electrons. The van der Waals surface area contributed by atoms with Crippen molar-refractivity contribution in [2.24, 2.45) is 5.73 Å². The van der Waals surface area contributed by atoms with Crippen LogP contribution in [-0.2, 0) is 10.8 Å². The Kier molecular flexibility index (Phi) is 11.9. The standard InChI is InChI=1S/C13H16N2S.C13H12N2S.Al.Li.2H/c2*1-13(2,9-14)11-8-15-12(16-11)10-6-4-3-5-7-10;;;;/h3-8H,9,14H2,1-2H3;3-8H,1-2H3;;;;. The Labute approximate surface area is 233 Å². The Morgan fingerprint density at radius 3 is 1.62 bits per heavy atom. The van der Waals surface area contributed by atoms with Gasteiger partial charge < -0.3 is 5.73 Å². The minimum absolute atomic E-state index is 0. The van der Waals surface area contributed by atoms with Gasteiger partial charge in [0.2, 0.25) is 0 Å². The molecule has 0 saturated carbocycles. The molecular weight excluding hydrogens is 466 g/mol. The quantitative estimate of drug-likeness (QED) is 0.378. The molecule has 8 heteroatoms. The number of thiazole rings is 2. The van der Waals surface area contributed by atoms with E-state index in [-0.39, 0.29) is 41.6 Å². The summed E-state index contributed by atoms with van der Waals surface area (Å²) >= 11 is 3.31. The van der Waals surface area contributed by atoms with E-state index in [4.69, 9.17) is 11.0 Å². The zero-order chi connectivity index (χ0) is 23.2. The van der Waals surface area contributed by atoms with Gasteiger partial charge in [-0.3, -0.25) is 0 Å². The van der Waals surface area contributed by atoms with Crippen LogP contribution in [0.25, 0.3) is 21.1 Å². The summed E-state index contributed by atoms with van der Waals surface area (Å²) in [6.07, 6.45) is 3.75. The second-order valence-corrected chi connectivity index (χ2v) is 10.7. The normalized spacial score (nSPS) is 10.7. The van der Waals surface area contributed by atoms with Gasteiger partial charge in [0, 0.05) is 64.1 Å². The van der Waals surface area contributed by atoms with Crippen molar-refractivity contribution in [1.82, 2.24) is 9.97 Å². The Morgan fingerprint density at radius 2 is 1.21 bits per heavy atom. The van der Waals surface area contributed by atoms with Gasteiger partial charge in [-0.1, -0.05) is 74.5 Å². The van der Waals surface area contributed by atoms with Gasteiger partial charge in [-0.05, 0) is 13.8 Å². The predicted octanol–water partition coefficient (Wildman–Crippen LogP) is 5.36. The molecule has 2 aromatic carbocycles. The third-order valence-corrected chi connectivity index (χ3v) is 7.91. The molecule has 2 aromatic heterocycles. The Morgan fingerprint density at radius 1 is 0.794 bits per heavy atom. The van der Waals surface area contributed by atoms with E-state index < -0.39 is 5.41 Å². The van der Waals surface area contributed by atoms with Crippen molar-refractivity contribution in [3.8, 4) is 27.2 Å². The van der Waals surface area contributed by atoms with Gasteiger partial charge in [0.05, 0.1) is 11.5 Å². The van der Waals surface area contributed by atoms with Crippen LogP contribution in [-0.4, -0.2) is 52.7 Å². The minimum Gasteiger partial charge on any atom is -0.330 e. The molecule has 0 saturated heterocycles. The maximum absolute atomic E-state index is 9.06. The molecule has 0 unspecified atom stereocenters. The first-order valence-electron chi connectivity index (χ1n) is 10.4. The third kappa shape index (κ3) is 7.64. The largest absolute Gasteiger partial charge is 0.330 e. The van der Waals surface area contributed by atoms with Crippen LogP contribution in [0.3, 0.4) is 0 Å². The van der Waals surface area contributed by atoms with Crippen molar-refractivity contribution >= 4 is 58.9 Å². The van der Waals surface area contributed by atoms with Crippen molar-refractivity contribution in [3.05, 3.63) is 82.8 Å². The van der Waals surface area contributed by atoms with Gasteiger partial charge in [0.1, 0.15) is 27.4 Å². The first kappa shape index (κ1) is 30.3. The van der Waals surface area contributed by atoms with Crippen molar-refractivity contribution in [2.75, 3.05) is 6.54 Å². The van der Waals surface area contributed by atoms with Crippen LogP contribution in [0.15, 0.2) is 73.1 Å². The monoisotopic (exact) mass is 496 g/mol. The van der Waals surface area contributed by atoms with Gasteiger partial charge in [-0.15, -0.1) is 22.7 Å². The van der Waals surface area contributed by atoms with E-state index in [2.05, 4.69) is 42.0 Å². The predicted molar refractivity (Wildman–Crippen MR) is 150 cm³/mol. The van der Waals surface area contributed by atoms with Gasteiger partial charge in [-0.2, -0.15) is 5.26 Å². The Bertz CT molecular complexity index is 1180. The van der Waals surface area contributed by atoms with Crippen molar-refractivity contribution in [3.63, 3.8) is 0 Å². The van der Waals surface area contributed by atoms with E-state index in [1.807, 2.05) is 68.6 Å². The molecule has 4 aromatic rings. The topological polar surface area (TPSA) is 75.6 Å². The number of aromatic nitrogens is 2. The summed E-state index contributed by atoms with van der Waals surface area (Å²) < 4.78 is 0. The van der Waals surface area contributed by atoms with Gasteiger partial charge in [0.15, 0.2) is 0 Å². The van der Waals surface area contributed by atoms with Crippen LogP contribution in [0.4, 0.5) is 0 Å². The number of nitrogens with zero attached hydrogens (tertiary/aromatic N) is 3. The molecule has 4 nitrogen and oxygen atoms in total. The Balaban J connectivity index is 0.000000321. The van der Waals surface area contributed by atoms with Crippen LogP contribution in [0, 0.1) is 11.3 Å².